The molecule has 2 amide bonds. The first kappa shape index (κ1) is 14.3. The summed E-state index contributed by atoms with van der Waals surface area (Å²) < 4.78 is 5.43. The van der Waals surface area contributed by atoms with E-state index in [9.17, 15) is 9.59 Å². The summed E-state index contributed by atoms with van der Waals surface area (Å²) in [5, 5.41) is 2.63. The third kappa shape index (κ3) is 2.58. The molecule has 0 saturated carbocycles. The molecule has 1 fully saturated rings. The van der Waals surface area contributed by atoms with Crippen molar-refractivity contribution in [2.75, 3.05) is 7.05 Å². The van der Waals surface area contributed by atoms with E-state index in [0.29, 0.717) is 0 Å². The van der Waals surface area contributed by atoms with Gasteiger partial charge in [0.25, 0.3) is 5.91 Å². The third-order valence-electron chi connectivity index (χ3n) is 3.39. The quantitative estimate of drug-likeness (QED) is 0.778. The molecule has 0 unspecified atom stereocenters. The van der Waals surface area contributed by atoms with Crippen LogP contribution in [-0.2, 0) is 9.53 Å². The molecule has 1 aromatic rings. The topological polar surface area (TPSA) is 49.9 Å². The summed E-state index contributed by atoms with van der Waals surface area (Å²) in [7, 11) is 1.71. The Kier molecular flexibility index (Phi) is 4.20. The van der Waals surface area contributed by atoms with Gasteiger partial charge in [-0.2, -0.15) is 5.01 Å². The highest BCUT2D eigenvalue weighted by Crippen LogP contribution is 2.30. The first-order valence-electron chi connectivity index (χ1n) is 6.51. The van der Waals surface area contributed by atoms with Crippen molar-refractivity contribution in [3.8, 4) is 0 Å². The highest BCUT2D eigenvalue weighted by molar-refractivity contribution is 5.98. The van der Waals surface area contributed by atoms with Crippen molar-refractivity contribution in [3.63, 3.8) is 0 Å². The number of carbonyl (C=O) groups is 2. The minimum absolute atomic E-state index is 0.135. The van der Waals surface area contributed by atoms with Crippen LogP contribution in [-0.4, -0.2) is 35.1 Å². The number of imide groups is 1. The van der Waals surface area contributed by atoms with Gasteiger partial charge in [-0.3, -0.25) is 4.79 Å². The molecule has 106 valence electrons. The van der Waals surface area contributed by atoms with Crippen molar-refractivity contribution in [1.82, 2.24) is 10.0 Å². The van der Waals surface area contributed by atoms with E-state index in [2.05, 4.69) is 0 Å². The summed E-state index contributed by atoms with van der Waals surface area (Å²) >= 11 is 0. The molecule has 5 nitrogen and oxygen atoms in total. The van der Waals surface area contributed by atoms with E-state index < -0.39 is 12.0 Å². The molecule has 1 aromatic carbocycles. The fourth-order valence-electron chi connectivity index (χ4n) is 2.21. The maximum Gasteiger partial charge on any atom is 0.432 e. The van der Waals surface area contributed by atoms with Gasteiger partial charge in [0.05, 0.1) is 6.04 Å². The lowest BCUT2D eigenvalue weighted by Crippen LogP contribution is -2.57. The van der Waals surface area contributed by atoms with Crippen LogP contribution < -0.4 is 0 Å². The summed E-state index contributed by atoms with van der Waals surface area (Å²) in [6.45, 7) is 3.64. The molecular formula is C15H18N2O3. The van der Waals surface area contributed by atoms with Crippen molar-refractivity contribution in [1.29, 1.82) is 0 Å². The highest BCUT2D eigenvalue weighted by Gasteiger charge is 2.40. The smallest absolute Gasteiger partial charge is 0.432 e. The number of hydrogen-bond acceptors (Lipinski definition) is 4. The molecule has 0 spiro atoms. The van der Waals surface area contributed by atoms with E-state index in [0.717, 1.165) is 10.6 Å². The predicted octanol–water partition coefficient (Wildman–Crippen LogP) is 2.52. The van der Waals surface area contributed by atoms with Crippen LogP contribution in [0.3, 0.4) is 0 Å². The maximum absolute atomic E-state index is 12.1. The van der Waals surface area contributed by atoms with Gasteiger partial charge in [-0.15, -0.1) is 0 Å². The average molecular weight is 274 g/mol. The number of likely N-dealkylation sites (N-methyl/N-ethyl adjacent to an activating group) is 1. The normalized spacial score (nSPS) is 23.9. The van der Waals surface area contributed by atoms with Crippen molar-refractivity contribution < 1.29 is 14.3 Å². The molecule has 20 heavy (non-hydrogen) atoms. The zero-order valence-corrected chi connectivity index (χ0v) is 11.8. The molecule has 0 bridgehead atoms. The number of hydrazine groups is 1. The molecule has 1 heterocycles. The van der Waals surface area contributed by atoms with Crippen LogP contribution in [0.1, 0.15) is 25.5 Å². The Morgan fingerprint density at radius 2 is 1.95 bits per heavy atom. The van der Waals surface area contributed by atoms with Gasteiger partial charge in [0.15, 0.2) is 0 Å². The Bertz CT molecular complexity index is 527. The number of rotatable bonds is 2. The molecule has 2 atom stereocenters. The Hall–Kier alpha value is -2.14. The monoisotopic (exact) mass is 274 g/mol. The van der Waals surface area contributed by atoms with Crippen molar-refractivity contribution in [2.24, 2.45) is 0 Å². The number of benzene rings is 1. The van der Waals surface area contributed by atoms with Crippen molar-refractivity contribution in [3.05, 3.63) is 48.0 Å². The van der Waals surface area contributed by atoms with Crippen LogP contribution in [0.5, 0.6) is 0 Å². The van der Waals surface area contributed by atoms with Crippen LogP contribution in [0.4, 0.5) is 4.79 Å². The maximum atomic E-state index is 12.1. The first-order valence-corrected chi connectivity index (χ1v) is 6.51. The Morgan fingerprint density at radius 3 is 2.55 bits per heavy atom. The SMILES string of the molecule is CC=CC(=O)N1C(=O)O[C@@H](c2ccccc2)[C@H](C)N1C. The second-order valence-corrected chi connectivity index (χ2v) is 4.68. The summed E-state index contributed by atoms with van der Waals surface area (Å²) in [6.07, 6.45) is 1.90. The van der Waals surface area contributed by atoms with E-state index in [1.54, 1.807) is 25.1 Å². The largest absolute Gasteiger partial charge is 0.438 e. The number of allylic oxidation sites excluding steroid dienone is 1. The van der Waals surface area contributed by atoms with Crippen LogP contribution in [0.2, 0.25) is 0 Å². The van der Waals surface area contributed by atoms with E-state index in [-0.39, 0.29) is 12.1 Å². The first-order chi connectivity index (χ1) is 9.56. The van der Waals surface area contributed by atoms with E-state index >= 15 is 0 Å². The number of amides is 2. The molecule has 0 N–H and O–H groups in total. The van der Waals surface area contributed by atoms with Gasteiger partial charge in [-0.05, 0) is 19.4 Å². The van der Waals surface area contributed by atoms with Crippen molar-refractivity contribution >= 4 is 12.0 Å². The Labute approximate surface area is 118 Å². The van der Waals surface area contributed by atoms with E-state index in [4.69, 9.17) is 4.74 Å². The molecule has 0 aliphatic carbocycles. The lowest BCUT2D eigenvalue weighted by atomic mass is 10.0. The molecule has 2 rings (SSSR count). The van der Waals surface area contributed by atoms with Crippen LogP contribution >= 0.6 is 0 Å². The fourth-order valence-corrected chi connectivity index (χ4v) is 2.21. The number of hydrogen-bond donors (Lipinski definition) is 0. The number of carbonyl (C=O) groups excluding carboxylic acids is 2. The average Bonchev–Trinajstić information content (AvgIpc) is 2.44. The minimum Gasteiger partial charge on any atom is -0.438 e. The molecule has 0 radical (unpaired) electrons. The number of nitrogens with zero attached hydrogens (tertiary/aromatic N) is 2. The number of ether oxygens (including phenoxy) is 1. The molecular weight excluding hydrogens is 256 g/mol. The van der Waals surface area contributed by atoms with Crippen LogP contribution in [0, 0.1) is 0 Å². The Morgan fingerprint density at radius 1 is 1.30 bits per heavy atom. The highest BCUT2D eigenvalue weighted by atomic mass is 16.6. The molecule has 1 saturated heterocycles. The molecule has 5 heteroatoms. The summed E-state index contributed by atoms with van der Waals surface area (Å²) in [6, 6.07) is 9.38. The van der Waals surface area contributed by atoms with E-state index in [1.807, 2.05) is 37.3 Å². The van der Waals surface area contributed by atoms with Gasteiger partial charge in [0.2, 0.25) is 0 Å². The van der Waals surface area contributed by atoms with Gasteiger partial charge < -0.3 is 4.74 Å². The molecule has 1 aliphatic heterocycles. The standard InChI is InChI=1S/C15H18N2O3/c1-4-8-13(18)17-15(19)20-14(11(2)16(17)3)12-9-6-5-7-10-12/h4-11,14H,1-3H3/t11-,14+/m0/s1. The van der Waals surface area contributed by atoms with Gasteiger partial charge in [0.1, 0.15) is 6.10 Å². The van der Waals surface area contributed by atoms with Gasteiger partial charge >= 0.3 is 6.09 Å². The zero-order valence-electron chi connectivity index (χ0n) is 11.8. The van der Waals surface area contributed by atoms with Crippen LogP contribution in [0.25, 0.3) is 0 Å². The van der Waals surface area contributed by atoms with E-state index in [1.165, 1.54) is 6.08 Å². The summed E-state index contributed by atoms with van der Waals surface area (Å²) in [5.74, 6) is -0.404. The van der Waals surface area contributed by atoms with Gasteiger partial charge in [0, 0.05) is 13.1 Å². The minimum atomic E-state index is -0.650. The lowest BCUT2D eigenvalue weighted by molar-refractivity contribution is -0.157. The summed E-state index contributed by atoms with van der Waals surface area (Å²) in [5.41, 5.74) is 0.915. The van der Waals surface area contributed by atoms with Crippen LogP contribution in [0.15, 0.2) is 42.5 Å². The van der Waals surface area contributed by atoms with Gasteiger partial charge in [-0.25, -0.2) is 9.80 Å². The molecule has 1 aliphatic rings. The zero-order chi connectivity index (χ0) is 14.7. The molecule has 0 aromatic heterocycles. The predicted molar refractivity (Wildman–Crippen MR) is 74.5 cm³/mol. The number of cyclic esters (lactones) is 1. The summed E-state index contributed by atoms with van der Waals surface area (Å²) in [4.78, 5) is 24.0. The lowest BCUT2D eigenvalue weighted by Gasteiger charge is -2.42. The fraction of sp³-hybridized carbons (Fsp3) is 0.333. The third-order valence-corrected chi connectivity index (χ3v) is 3.39. The Balaban J connectivity index is 2.25. The van der Waals surface area contributed by atoms with Crippen molar-refractivity contribution in [2.45, 2.75) is 26.0 Å². The van der Waals surface area contributed by atoms with Gasteiger partial charge in [-0.1, -0.05) is 36.4 Å². The second-order valence-electron chi connectivity index (χ2n) is 4.68. The second kappa shape index (κ2) is 5.88.